The van der Waals surface area contributed by atoms with Crippen LogP contribution >= 0.6 is 0 Å². The van der Waals surface area contributed by atoms with Crippen LogP contribution < -0.4 is 20.4 Å². The van der Waals surface area contributed by atoms with Crippen molar-refractivity contribution in [1.29, 1.82) is 0 Å². The number of amides is 2. The molecule has 1 aliphatic heterocycles. The summed E-state index contributed by atoms with van der Waals surface area (Å²) in [5.74, 6) is 0.0831. The van der Waals surface area contributed by atoms with Gasteiger partial charge in [0.05, 0.1) is 37.4 Å². The fraction of sp³-hybridized carbons (Fsp3) is 0.368. The summed E-state index contributed by atoms with van der Waals surface area (Å²) >= 11 is 0. The Bertz CT molecular complexity index is 820. The lowest BCUT2D eigenvalue weighted by atomic mass is 10.1. The van der Waals surface area contributed by atoms with Gasteiger partial charge in [0.1, 0.15) is 12.4 Å². The zero-order valence-electron chi connectivity index (χ0n) is 15.5. The smallest absolute Gasteiger partial charge is 0.270 e. The number of aliphatic hydroxyl groups excluding tert-OH is 2. The monoisotopic (exact) mass is 388 g/mol. The van der Waals surface area contributed by atoms with Crippen LogP contribution in [0.1, 0.15) is 16.8 Å². The van der Waals surface area contributed by atoms with Crippen molar-refractivity contribution in [3.05, 3.63) is 48.3 Å². The van der Waals surface area contributed by atoms with E-state index < -0.39 is 6.04 Å². The van der Waals surface area contributed by atoms with Gasteiger partial charge in [-0.15, -0.1) is 0 Å². The fourth-order valence-corrected chi connectivity index (χ4v) is 2.99. The van der Waals surface area contributed by atoms with E-state index in [-0.39, 0.29) is 37.5 Å². The molecule has 3 rings (SSSR count). The average molecular weight is 388 g/mol. The third kappa shape index (κ3) is 4.44. The van der Waals surface area contributed by atoms with E-state index in [2.05, 4.69) is 10.7 Å². The first-order chi connectivity index (χ1) is 13.5. The van der Waals surface area contributed by atoms with Crippen molar-refractivity contribution in [2.24, 2.45) is 0 Å². The number of likely N-dealkylation sites (N-methyl/N-ethyl adjacent to an activating group) is 1. The maximum absolute atomic E-state index is 12.4. The van der Waals surface area contributed by atoms with E-state index in [1.54, 1.807) is 35.3 Å². The Morgan fingerprint density at radius 3 is 2.64 bits per heavy atom. The highest BCUT2D eigenvalue weighted by molar-refractivity contribution is 6.01. The molecular weight excluding hydrogens is 364 g/mol. The molecule has 9 heteroatoms. The molecule has 0 saturated heterocycles. The van der Waals surface area contributed by atoms with E-state index in [1.165, 1.54) is 0 Å². The molecule has 150 valence electrons. The summed E-state index contributed by atoms with van der Waals surface area (Å²) in [5, 5.41) is 20.8. The number of benzene rings is 1. The van der Waals surface area contributed by atoms with Crippen molar-refractivity contribution in [1.82, 2.24) is 9.99 Å². The Balaban J connectivity index is 1.69. The third-order valence-corrected chi connectivity index (χ3v) is 4.64. The molecule has 1 unspecified atom stereocenters. The molecule has 9 nitrogen and oxygen atoms in total. The van der Waals surface area contributed by atoms with Crippen molar-refractivity contribution in [2.75, 3.05) is 37.2 Å². The third-order valence-electron chi connectivity index (χ3n) is 4.64. The number of carbonyl (C=O) groups is 2. The highest BCUT2D eigenvalue weighted by Crippen LogP contribution is 2.34. The lowest BCUT2D eigenvalue weighted by molar-refractivity contribution is -0.123. The summed E-state index contributed by atoms with van der Waals surface area (Å²) < 4.78 is 7.31. The number of carbonyl (C=O) groups excluding carboxylic acids is 2. The number of fused-ring (bicyclic) bond motifs is 1. The number of aromatic nitrogens is 1. The zero-order chi connectivity index (χ0) is 20.1. The van der Waals surface area contributed by atoms with Gasteiger partial charge in [0, 0.05) is 25.0 Å². The molecule has 0 aliphatic carbocycles. The van der Waals surface area contributed by atoms with E-state index in [1.807, 2.05) is 24.1 Å². The molecule has 2 aromatic rings. The lowest BCUT2D eigenvalue weighted by Gasteiger charge is -2.36. The first-order valence-corrected chi connectivity index (χ1v) is 8.97. The minimum absolute atomic E-state index is 0.131. The zero-order valence-corrected chi connectivity index (χ0v) is 15.5. The first kappa shape index (κ1) is 19.7. The van der Waals surface area contributed by atoms with Gasteiger partial charge in [-0.05, 0) is 30.3 Å². The summed E-state index contributed by atoms with van der Waals surface area (Å²) in [5.41, 5.74) is 3.92. The second-order valence-corrected chi connectivity index (χ2v) is 6.62. The van der Waals surface area contributed by atoms with Crippen LogP contribution in [0.3, 0.4) is 0 Å². The van der Waals surface area contributed by atoms with Gasteiger partial charge < -0.3 is 25.2 Å². The number of ether oxygens (including phenoxy) is 1. The Labute approximate surface area is 162 Å². The summed E-state index contributed by atoms with van der Waals surface area (Å²) in [6, 6.07) is 7.84. The summed E-state index contributed by atoms with van der Waals surface area (Å²) in [6.45, 7) is -0.349. The van der Waals surface area contributed by atoms with Crippen molar-refractivity contribution in [3.8, 4) is 5.75 Å². The normalized spacial score (nSPS) is 15.7. The molecule has 0 bridgehead atoms. The van der Waals surface area contributed by atoms with Gasteiger partial charge in [0.15, 0.2) is 0 Å². The van der Waals surface area contributed by atoms with Gasteiger partial charge >= 0.3 is 0 Å². The van der Waals surface area contributed by atoms with Gasteiger partial charge in [-0.1, -0.05) is 0 Å². The quantitative estimate of drug-likeness (QED) is 0.528. The number of aliphatic hydroxyl groups is 2. The second kappa shape index (κ2) is 8.77. The van der Waals surface area contributed by atoms with Crippen molar-refractivity contribution < 1.29 is 24.5 Å². The van der Waals surface area contributed by atoms with Gasteiger partial charge in [-0.25, -0.2) is 0 Å². The molecule has 1 atom stereocenters. The minimum Gasteiger partial charge on any atom is -0.489 e. The second-order valence-electron chi connectivity index (χ2n) is 6.62. The van der Waals surface area contributed by atoms with Gasteiger partial charge in [0.25, 0.3) is 5.91 Å². The predicted molar refractivity (Wildman–Crippen MR) is 103 cm³/mol. The number of hydrogen-bond donors (Lipinski definition) is 4. The fourth-order valence-electron chi connectivity index (χ4n) is 2.99. The van der Waals surface area contributed by atoms with Gasteiger partial charge in [0.2, 0.25) is 5.91 Å². The number of nitrogens with zero attached hydrogens (tertiary/aromatic N) is 2. The van der Waals surface area contributed by atoms with Crippen LogP contribution in [-0.2, 0) is 4.79 Å². The molecule has 0 saturated carbocycles. The largest absolute Gasteiger partial charge is 0.489 e. The molecule has 0 fully saturated rings. The summed E-state index contributed by atoms with van der Waals surface area (Å²) in [6.07, 6.45) is 3.59. The molecule has 4 N–H and O–H groups in total. The topological polar surface area (TPSA) is 116 Å². The van der Waals surface area contributed by atoms with E-state index in [0.29, 0.717) is 23.6 Å². The van der Waals surface area contributed by atoms with E-state index in [9.17, 15) is 9.59 Å². The molecule has 28 heavy (non-hydrogen) atoms. The van der Waals surface area contributed by atoms with Crippen LogP contribution in [0.5, 0.6) is 5.75 Å². The number of nitrogens with one attached hydrogen (secondary N) is 2. The lowest BCUT2D eigenvalue weighted by Crippen LogP contribution is -2.47. The number of hydrogen-bond acceptors (Lipinski definition) is 6. The van der Waals surface area contributed by atoms with Crippen LogP contribution in [-0.4, -0.2) is 65.7 Å². The molecule has 2 amide bonds. The van der Waals surface area contributed by atoms with Crippen LogP contribution in [0.4, 0.5) is 5.69 Å². The van der Waals surface area contributed by atoms with Crippen LogP contribution in [0, 0.1) is 0 Å². The predicted octanol–water partition coefficient (Wildman–Crippen LogP) is -0.0713. The Morgan fingerprint density at radius 2 is 1.96 bits per heavy atom. The highest BCUT2D eigenvalue weighted by atomic mass is 16.5. The first-order valence-electron chi connectivity index (χ1n) is 8.97. The molecule has 1 aliphatic rings. The maximum atomic E-state index is 12.4. The molecule has 0 spiro atoms. The molecule has 2 heterocycles. The van der Waals surface area contributed by atoms with E-state index in [4.69, 9.17) is 14.9 Å². The van der Waals surface area contributed by atoms with Crippen LogP contribution in [0.15, 0.2) is 42.7 Å². The average Bonchev–Trinajstić information content (AvgIpc) is 3.21. The molecular formula is C19H24N4O5. The summed E-state index contributed by atoms with van der Waals surface area (Å²) in [4.78, 5) is 26.5. The summed E-state index contributed by atoms with van der Waals surface area (Å²) in [7, 11) is 1.84. The SMILES string of the molecule is CN1c2cc(C(=O)Nn3cccc3)ccc2OCC1CC(=O)NC(CO)CO. The van der Waals surface area contributed by atoms with E-state index in [0.717, 1.165) is 0 Å². The van der Waals surface area contributed by atoms with Crippen molar-refractivity contribution >= 4 is 17.5 Å². The van der Waals surface area contributed by atoms with Crippen molar-refractivity contribution in [3.63, 3.8) is 0 Å². The standard InChI is InChI=1S/C19H24N4O5/c1-22-15(9-18(26)20-14(10-24)11-25)12-28-17-5-4-13(8-16(17)22)19(27)21-23-6-2-3-7-23/h2-8,14-15,24-25H,9-12H2,1H3,(H,20,26)(H,21,27). The molecule has 1 aromatic heterocycles. The maximum Gasteiger partial charge on any atom is 0.270 e. The van der Waals surface area contributed by atoms with Crippen molar-refractivity contribution in [2.45, 2.75) is 18.5 Å². The van der Waals surface area contributed by atoms with Crippen LogP contribution in [0.25, 0.3) is 0 Å². The van der Waals surface area contributed by atoms with Crippen LogP contribution in [0.2, 0.25) is 0 Å². The van der Waals surface area contributed by atoms with Gasteiger partial charge in [-0.3, -0.25) is 19.7 Å². The molecule has 1 aromatic carbocycles. The minimum atomic E-state index is -0.682. The molecule has 0 radical (unpaired) electrons. The number of anilines is 1. The Kier molecular flexibility index (Phi) is 6.17. The Morgan fingerprint density at radius 1 is 1.25 bits per heavy atom. The van der Waals surface area contributed by atoms with E-state index >= 15 is 0 Å². The highest BCUT2D eigenvalue weighted by Gasteiger charge is 2.28. The van der Waals surface area contributed by atoms with Gasteiger partial charge in [-0.2, -0.15) is 0 Å². The Hall–Kier alpha value is -3.04. The number of rotatable bonds is 7.